The topological polar surface area (TPSA) is 24.9 Å². The van der Waals surface area contributed by atoms with Gasteiger partial charge in [0.25, 0.3) is 0 Å². The molecule has 0 saturated heterocycles. The summed E-state index contributed by atoms with van der Waals surface area (Å²) < 4.78 is 26.4. The highest BCUT2D eigenvalue weighted by Gasteiger charge is 2.04. The van der Waals surface area contributed by atoms with Crippen LogP contribution in [-0.4, -0.2) is 4.98 Å². The minimum atomic E-state index is -0.623. The van der Waals surface area contributed by atoms with Crippen LogP contribution in [0.25, 0.3) is 0 Å². The number of hydrogen-bond acceptors (Lipinski definition) is 3. The first-order valence-electron chi connectivity index (χ1n) is 4.44. The lowest BCUT2D eigenvalue weighted by atomic mass is 10.3. The summed E-state index contributed by atoms with van der Waals surface area (Å²) in [5.74, 6) is -1.22. The van der Waals surface area contributed by atoms with Crippen LogP contribution in [0.15, 0.2) is 24.4 Å². The fourth-order valence-corrected chi connectivity index (χ4v) is 2.07. The third-order valence-electron chi connectivity index (χ3n) is 1.89. The summed E-state index contributed by atoms with van der Waals surface area (Å²) in [6.07, 6.45) is 1.53. The lowest BCUT2D eigenvalue weighted by Crippen LogP contribution is -2.01. The molecule has 0 fully saturated rings. The van der Waals surface area contributed by atoms with Crippen LogP contribution in [0.4, 0.5) is 14.5 Å². The molecule has 0 amide bonds. The van der Waals surface area contributed by atoms with Gasteiger partial charge in [0.2, 0.25) is 0 Å². The normalized spacial score (nSPS) is 10.4. The lowest BCUT2D eigenvalue weighted by Gasteiger charge is -2.05. The molecule has 1 N–H and O–H groups in total. The van der Waals surface area contributed by atoms with Crippen molar-refractivity contribution >= 4 is 28.6 Å². The second-order valence-corrected chi connectivity index (χ2v) is 4.78. The zero-order valence-electron chi connectivity index (χ0n) is 8.01. The summed E-state index contributed by atoms with van der Waals surface area (Å²) in [5.41, 5.74) is 0.243. The fraction of sp³-hybridized carbons (Fsp3) is 0.100. The standard InChI is InChI=1S/C10H7ClF2N2S/c11-9-4-15-10(16-9)5-14-8-2-1-6(12)3-7(8)13/h1-4,14H,5H2. The van der Waals surface area contributed by atoms with Gasteiger partial charge in [-0.15, -0.1) is 11.3 Å². The Bertz CT molecular complexity index is 501. The van der Waals surface area contributed by atoms with Crippen molar-refractivity contribution in [1.82, 2.24) is 4.98 Å². The van der Waals surface area contributed by atoms with Crippen LogP contribution in [0.2, 0.25) is 4.34 Å². The lowest BCUT2D eigenvalue weighted by molar-refractivity contribution is 0.585. The Labute approximate surface area is 99.9 Å². The van der Waals surface area contributed by atoms with Crippen LogP contribution in [0.1, 0.15) is 5.01 Å². The second-order valence-electron chi connectivity index (χ2n) is 3.04. The van der Waals surface area contributed by atoms with Crippen LogP contribution >= 0.6 is 22.9 Å². The number of anilines is 1. The molecular formula is C10H7ClF2N2S. The Morgan fingerprint density at radius 2 is 2.19 bits per heavy atom. The van der Waals surface area contributed by atoms with Gasteiger partial charge in [-0.25, -0.2) is 13.8 Å². The SMILES string of the molecule is Fc1ccc(NCc2ncc(Cl)s2)c(F)c1. The van der Waals surface area contributed by atoms with Gasteiger partial charge in [0.15, 0.2) is 0 Å². The van der Waals surface area contributed by atoms with E-state index in [1.807, 2.05) is 0 Å². The number of benzene rings is 1. The molecule has 84 valence electrons. The third-order valence-corrected chi connectivity index (χ3v) is 3.00. The summed E-state index contributed by atoms with van der Waals surface area (Å²) in [7, 11) is 0. The maximum Gasteiger partial charge on any atom is 0.149 e. The van der Waals surface area contributed by atoms with Crippen molar-refractivity contribution in [3.05, 3.63) is 45.4 Å². The Morgan fingerprint density at radius 3 is 2.81 bits per heavy atom. The molecule has 0 atom stereocenters. The average molecular weight is 261 g/mol. The highest BCUT2D eigenvalue weighted by atomic mass is 35.5. The zero-order chi connectivity index (χ0) is 11.5. The molecular weight excluding hydrogens is 254 g/mol. The molecule has 1 heterocycles. The van der Waals surface area contributed by atoms with Gasteiger partial charge in [-0.2, -0.15) is 0 Å². The average Bonchev–Trinajstić information content (AvgIpc) is 2.63. The van der Waals surface area contributed by atoms with Gasteiger partial charge < -0.3 is 5.32 Å². The van der Waals surface area contributed by atoms with Crippen LogP contribution in [0.3, 0.4) is 0 Å². The molecule has 0 unspecified atom stereocenters. The van der Waals surface area contributed by atoms with E-state index in [9.17, 15) is 8.78 Å². The van der Waals surface area contributed by atoms with Crippen molar-refractivity contribution in [3.63, 3.8) is 0 Å². The zero-order valence-corrected chi connectivity index (χ0v) is 9.58. The number of rotatable bonds is 3. The van der Waals surface area contributed by atoms with E-state index in [1.54, 1.807) is 0 Å². The maximum absolute atomic E-state index is 13.2. The molecule has 0 saturated carbocycles. The molecule has 16 heavy (non-hydrogen) atoms. The van der Waals surface area contributed by atoms with E-state index >= 15 is 0 Å². The summed E-state index contributed by atoms with van der Waals surface area (Å²) in [5, 5.41) is 3.56. The molecule has 1 aromatic carbocycles. The Balaban J connectivity index is 2.04. The minimum Gasteiger partial charge on any atom is -0.376 e. The highest BCUT2D eigenvalue weighted by Crippen LogP contribution is 2.20. The van der Waals surface area contributed by atoms with Gasteiger partial charge in [0, 0.05) is 6.07 Å². The smallest absolute Gasteiger partial charge is 0.149 e. The summed E-state index contributed by atoms with van der Waals surface area (Å²) >= 11 is 7.01. The maximum atomic E-state index is 13.2. The van der Waals surface area contributed by atoms with Gasteiger partial charge >= 0.3 is 0 Å². The molecule has 0 spiro atoms. The largest absolute Gasteiger partial charge is 0.376 e. The predicted molar refractivity (Wildman–Crippen MR) is 60.8 cm³/mol. The number of nitrogens with zero attached hydrogens (tertiary/aromatic N) is 1. The van der Waals surface area contributed by atoms with Gasteiger partial charge in [0.05, 0.1) is 18.4 Å². The number of thiazole rings is 1. The Hall–Kier alpha value is -1.20. The summed E-state index contributed by atoms with van der Waals surface area (Å²) in [6, 6.07) is 3.37. The van der Waals surface area contributed by atoms with Crippen LogP contribution in [0, 0.1) is 11.6 Å². The quantitative estimate of drug-likeness (QED) is 0.910. The number of hydrogen-bond donors (Lipinski definition) is 1. The van der Waals surface area contributed by atoms with Crippen molar-refractivity contribution in [1.29, 1.82) is 0 Å². The fourth-order valence-electron chi connectivity index (χ4n) is 1.17. The van der Waals surface area contributed by atoms with Crippen molar-refractivity contribution in [2.45, 2.75) is 6.54 Å². The Morgan fingerprint density at radius 1 is 1.38 bits per heavy atom. The monoisotopic (exact) mass is 260 g/mol. The molecule has 0 radical (unpaired) electrons. The second kappa shape index (κ2) is 4.76. The van der Waals surface area contributed by atoms with Crippen LogP contribution in [0.5, 0.6) is 0 Å². The van der Waals surface area contributed by atoms with E-state index < -0.39 is 11.6 Å². The minimum absolute atomic E-state index is 0.243. The van der Waals surface area contributed by atoms with Gasteiger partial charge in [0.1, 0.15) is 21.0 Å². The van der Waals surface area contributed by atoms with Crippen molar-refractivity contribution in [3.8, 4) is 0 Å². The Kier molecular flexibility index (Phi) is 3.36. The molecule has 0 aliphatic heterocycles. The predicted octanol–water partition coefficient (Wildman–Crippen LogP) is 3.69. The van der Waals surface area contributed by atoms with E-state index in [4.69, 9.17) is 11.6 Å². The number of nitrogens with one attached hydrogen (secondary N) is 1. The highest BCUT2D eigenvalue weighted by molar-refractivity contribution is 7.15. The van der Waals surface area contributed by atoms with E-state index in [0.717, 1.165) is 11.1 Å². The number of aromatic nitrogens is 1. The molecule has 1 aromatic heterocycles. The van der Waals surface area contributed by atoms with E-state index in [-0.39, 0.29) is 5.69 Å². The van der Waals surface area contributed by atoms with E-state index in [1.165, 1.54) is 29.7 Å². The number of halogens is 3. The van der Waals surface area contributed by atoms with E-state index in [2.05, 4.69) is 10.3 Å². The molecule has 6 heteroatoms. The summed E-state index contributed by atoms with van der Waals surface area (Å²) in [4.78, 5) is 4.01. The van der Waals surface area contributed by atoms with E-state index in [0.29, 0.717) is 10.9 Å². The first-order chi connectivity index (χ1) is 7.65. The van der Waals surface area contributed by atoms with Crippen molar-refractivity contribution < 1.29 is 8.78 Å². The van der Waals surface area contributed by atoms with Gasteiger partial charge in [-0.05, 0) is 12.1 Å². The molecule has 0 bridgehead atoms. The molecule has 0 aliphatic carbocycles. The molecule has 2 aromatic rings. The first-order valence-corrected chi connectivity index (χ1v) is 5.64. The van der Waals surface area contributed by atoms with Gasteiger partial charge in [-0.3, -0.25) is 0 Å². The first kappa shape index (κ1) is 11.3. The van der Waals surface area contributed by atoms with Crippen molar-refractivity contribution in [2.75, 3.05) is 5.32 Å². The van der Waals surface area contributed by atoms with Crippen LogP contribution in [-0.2, 0) is 6.54 Å². The molecule has 2 nitrogen and oxygen atoms in total. The van der Waals surface area contributed by atoms with Crippen LogP contribution < -0.4 is 5.32 Å². The summed E-state index contributed by atoms with van der Waals surface area (Å²) in [6.45, 7) is 0.361. The third kappa shape index (κ3) is 2.68. The molecule has 2 rings (SSSR count). The van der Waals surface area contributed by atoms with Gasteiger partial charge in [-0.1, -0.05) is 11.6 Å². The van der Waals surface area contributed by atoms with Crippen molar-refractivity contribution in [2.24, 2.45) is 0 Å². The molecule has 0 aliphatic rings.